The van der Waals surface area contributed by atoms with Crippen molar-refractivity contribution in [1.29, 1.82) is 0 Å². The summed E-state index contributed by atoms with van der Waals surface area (Å²) < 4.78 is 5.20. The van der Waals surface area contributed by atoms with Gasteiger partial charge in [-0.15, -0.1) is 0 Å². The second kappa shape index (κ2) is 4.28. The van der Waals surface area contributed by atoms with E-state index in [2.05, 4.69) is 0 Å². The Morgan fingerprint density at radius 1 is 1.71 bits per heavy atom. The average Bonchev–Trinajstić information content (AvgIpc) is 2.64. The van der Waals surface area contributed by atoms with Crippen molar-refractivity contribution in [2.24, 2.45) is 5.73 Å². The Hall–Kier alpha value is -0.610. The van der Waals surface area contributed by atoms with E-state index >= 15 is 0 Å². The molecule has 0 bridgehead atoms. The summed E-state index contributed by atoms with van der Waals surface area (Å²) in [5, 5.41) is 0. The second-order valence-electron chi connectivity index (χ2n) is 4.17. The van der Waals surface area contributed by atoms with Crippen LogP contribution >= 0.6 is 0 Å². The zero-order chi connectivity index (χ0) is 10.8. The van der Waals surface area contributed by atoms with Crippen molar-refractivity contribution in [3.8, 4) is 0 Å². The van der Waals surface area contributed by atoms with Crippen molar-refractivity contribution >= 4 is 5.91 Å². The highest BCUT2D eigenvalue weighted by molar-refractivity contribution is 5.85. The molecule has 0 aromatic rings. The number of likely N-dealkylation sites (tertiary alicyclic amines) is 1. The number of ether oxygens (including phenoxy) is 1. The first-order valence-corrected chi connectivity index (χ1v) is 5.12. The number of hydrogen-bond donors (Lipinski definition) is 1. The van der Waals surface area contributed by atoms with E-state index in [9.17, 15) is 4.79 Å². The minimum Gasteiger partial charge on any atom is -0.380 e. The third-order valence-electron chi connectivity index (χ3n) is 2.99. The highest BCUT2D eigenvalue weighted by Gasteiger charge is 2.35. The molecule has 1 saturated heterocycles. The highest BCUT2D eigenvalue weighted by atomic mass is 16.5. The molecule has 0 aromatic heterocycles. The molecule has 1 heterocycles. The van der Waals surface area contributed by atoms with Crippen LogP contribution in [0.15, 0.2) is 0 Å². The summed E-state index contributed by atoms with van der Waals surface area (Å²) in [4.78, 5) is 13.7. The molecule has 4 nitrogen and oxygen atoms in total. The molecule has 0 aliphatic carbocycles. The Labute approximate surface area is 85.4 Å². The van der Waals surface area contributed by atoms with Crippen molar-refractivity contribution in [2.75, 3.05) is 20.2 Å². The van der Waals surface area contributed by atoms with Crippen LogP contribution in [0.1, 0.15) is 26.7 Å². The molecule has 2 N–H and O–H groups in total. The SMILES string of the molecule is CCC(C)(N)C(=O)N1CCC(OC)C1. The van der Waals surface area contributed by atoms with E-state index in [-0.39, 0.29) is 12.0 Å². The van der Waals surface area contributed by atoms with E-state index in [1.807, 2.05) is 6.92 Å². The summed E-state index contributed by atoms with van der Waals surface area (Å²) in [7, 11) is 1.68. The predicted molar refractivity (Wildman–Crippen MR) is 54.9 cm³/mol. The number of rotatable bonds is 3. The lowest BCUT2D eigenvalue weighted by Crippen LogP contribution is -2.52. The topological polar surface area (TPSA) is 55.6 Å². The van der Waals surface area contributed by atoms with Gasteiger partial charge < -0.3 is 15.4 Å². The first-order valence-electron chi connectivity index (χ1n) is 5.12. The van der Waals surface area contributed by atoms with Crippen LogP contribution in [0.2, 0.25) is 0 Å². The number of methoxy groups -OCH3 is 1. The first-order chi connectivity index (χ1) is 6.51. The fraction of sp³-hybridized carbons (Fsp3) is 0.900. The minimum atomic E-state index is -0.720. The summed E-state index contributed by atoms with van der Waals surface area (Å²) in [5.74, 6) is 0.0413. The molecule has 1 aliphatic heterocycles. The molecule has 14 heavy (non-hydrogen) atoms. The average molecular weight is 200 g/mol. The maximum Gasteiger partial charge on any atom is 0.242 e. The van der Waals surface area contributed by atoms with Crippen LogP contribution < -0.4 is 5.73 Å². The van der Waals surface area contributed by atoms with Gasteiger partial charge in [0.25, 0.3) is 0 Å². The number of carbonyl (C=O) groups excluding carboxylic acids is 1. The summed E-state index contributed by atoms with van der Waals surface area (Å²) in [6.07, 6.45) is 1.77. The third-order valence-corrected chi connectivity index (χ3v) is 2.99. The van der Waals surface area contributed by atoms with Gasteiger partial charge in [0.1, 0.15) is 0 Å². The van der Waals surface area contributed by atoms with Crippen LogP contribution in [0.25, 0.3) is 0 Å². The van der Waals surface area contributed by atoms with E-state index < -0.39 is 5.54 Å². The Kier molecular flexibility index (Phi) is 3.50. The molecule has 0 aromatic carbocycles. The molecule has 4 heteroatoms. The van der Waals surface area contributed by atoms with Gasteiger partial charge in [0.2, 0.25) is 5.91 Å². The van der Waals surface area contributed by atoms with Gasteiger partial charge in [-0.25, -0.2) is 0 Å². The Morgan fingerprint density at radius 2 is 2.36 bits per heavy atom. The standard InChI is InChI=1S/C10H20N2O2/c1-4-10(2,11)9(13)12-6-5-8(7-12)14-3/h8H,4-7,11H2,1-3H3. The van der Waals surface area contributed by atoms with Crippen LogP contribution in [0.3, 0.4) is 0 Å². The number of amides is 1. The van der Waals surface area contributed by atoms with Gasteiger partial charge in [0.15, 0.2) is 0 Å². The van der Waals surface area contributed by atoms with Crippen molar-refractivity contribution < 1.29 is 9.53 Å². The van der Waals surface area contributed by atoms with E-state index in [4.69, 9.17) is 10.5 Å². The van der Waals surface area contributed by atoms with Gasteiger partial charge >= 0.3 is 0 Å². The fourth-order valence-electron chi connectivity index (χ4n) is 1.62. The maximum absolute atomic E-state index is 11.9. The molecular weight excluding hydrogens is 180 g/mol. The van der Waals surface area contributed by atoms with Crippen LogP contribution in [-0.4, -0.2) is 42.6 Å². The monoisotopic (exact) mass is 200 g/mol. The van der Waals surface area contributed by atoms with Crippen molar-refractivity contribution in [2.45, 2.75) is 38.3 Å². The molecule has 1 fully saturated rings. The quantitative estimate of drug-likeness (QED) is 0.715. The summed E-state index contributed by atoms with van der Waals surface area (Å²) in [5.41, 5.74) is 5.17. The molecule has 0 spiro atoms. The highest BCUT2D eigenvalue weighted by Crippen LogP contribution is 2.17. The molecule has 0 radical (unpaired) electrons. The van der Waals surface area contributed by atoms with Crippen molar-refractivity contribution in [1.82, 2.24) is 4.90 Å². The molecule has 1 rings (SSSR count). The summed E-state index contributed by atoms with van der Waals surface area (Å²) in [6.45, 7) is 5.17. The number of nitrogens with two attached hydrogens (primary N) is 1. The van der Waals surface area contributed by atoms with E-state index in [1.165, 1.54) is 0 Å². The lowest BCUT2D eigenvalue weighted by Gasteiger charge is -2.27. The summed E-state index contributed by atoms with van der Waals surface area (Å²) >= 11 is 0. The second-order valence-corrected chi connectivity index (χ2v) is 4.17. The van der Waals surface area contributed by atoms with E-state index in [0.29, 0.717) is 13.0 Å². The van der Waals surface area contributed by atoms with Crippen LogP contribution in [0.5, 0.6) is 0 Å². The van der Waals surface area contributed by atoms with Gasteiger partial charge in [-0.2, -0.15) is 0 Å². The molecule has 82 valence electrons. The molecular formula is C10H20N2O2. The molecule has 1 amide bonds. The molecule has 2 atom stereocenters. The zero-order valence-electron chi connectivity index (χ0n) is 9.25. The van der Waals surface area contributed by atoms with Gasteiger partial charge in [0.05, 0.1) is 11.6 Å². The predicted octanol–water partition coefficient (Wildman–Crippen LogP) is 0.361. The van der Waals surface area contributed by atoms with Gasteiger partial charge in [0, 0.05) is 20.2 Å². The van der Waals surface area contributed by atoms with Gasteiger partial charge in [-0.05, 0) is 19.8 Å². The Balaban J connectivity index is 2.55. The van der Waals surface area contributed by atoms with Crippen LogP contribution in [0, 0.1) is 0 Å². The smallest absolute Gasteiger partial charge is 0.242 e. The summed E-state index contributed by atoms with van der Waals surface area (Å²) in [6, 6.07) is 0. The lowest BCUT2D eigenvalue weighted by atomic mass is 9.99. The van der Waals surface area contributed by atoms with E-state index in [0.717, 1.165) is 13.0 Å². The van der Waals surface area contributed by atoms with Crippen molar-refractivity contribution in [3.63, 3.8) is 0 Å². The Morgan fingerprint density at radius 3 is 2.79 bits per heavy atom. The Bertz CT molecular complexity index is 216. The van der Waals surface area contributed by atoms with Crippen LogP contribution in [-0.2, 0) is 9.53 Å². The number of hydrogen-bond acceptors (Lipinski definition) is 3. The van der Waals surface area contributed by atoms with E-state index in [1.54, 1.807) is 18.9 Å². The zero-order valence-corrected chi connectivity index (χ0v) is 9.25. The van der Waals surface area contributed by atoms with Gasteiger partial charge in [-0.3, -0.25) is 4.79 Å². The molecule has 1 aliphatic rings. The van der Waals surface area contributed by atoms with Crippen LogP contribution in [0.4, 0.5) is 0 Å². The van der Waals surface area contributed by atoms with Crippen molar-refractivity contribution in [3.05, 3.63) is 0 Å². The first kappa shape index (κ1) is 11.5. The maximum atomic E-state index is 11.9. The van der Waals surface area contributed by atoms with Gasteiger partial charge in [-0.1, -0.05) is 6.92 Å². The normalized spacial score (nSPS) is 26.3. The fourth-order valence-corrected chi connectivity index (χ4v) is 1.62. The number of nitrogens with zero attached hydrogens (tertiary/aromatic N) is 1. The minimum absolute atomic E-state index is 0.0413. The largest absolute Gasteiger partial charge is 0.380 e. The number of carbonyl (C=O) groups is 1. The molecule has 0 saturated carbocycles. The third kappa shape index (κ3) is 2.25. The molecule has 2 unspecified atom stereocenters. The lowest BCUT2D eigenvalue weighted by molar-refractivity contribution is -0.135.